The third-order valence-electron chi connectivity index (χ3n) is 2.12. The molecule has 0 amide bonds. The summed E-state index contributed by atoms with van der Waals surface area (Å²) in [6.07, 6.45) is -4.60. The summed E-state index contributed by atoms with van der Waals surface area (Å²) in [7, 11) is -4.11. The van der Waals surface area contributed by atoms with E-state index in [0.717, 1.165) is 0 Å². The number of alkyl halides is 3. The van der Waals surface area contributed by atoms with Crippen LogP contribution < -0.4 is 10.5 Å². The number of nitrogens with two attached hydrogens (primary N) is 1. The lowest BCUT2D eigenvalue weighted by molar-refractivity contribution is -0.121. The molecule has 1 aromatic carbocycles. The molecule has 9 heteroatoms. The third-order valence-corrected chi connectivity index (χ3v) is 3.62. The molecular formula is C10H11F3N2O2S2. The minimum absolute atomic E-state index is 0.0124. The lowest BCUT2D eigenvalue weighted by atomic mass is 10.1. The lowest BCUT2D eigenvalue weighted by Crippen LogP contribution is -2.34. The molecule has 0 atom stereocenters. The van der Waals surface area contributed by atoms with E-state index < -0.39 is 28.5 Å². The zero-order valence-corrected chi connectivity index (χ0v) is 11.2. The van der Waals surface area contributed by atoms with Gasteiger partial charge >= 0.3 is 6.18 Å². The smallest absolute Gasteiger partial charge is 0.389 e. The summed E-state index contributed by atoms with van der Waals surface area (Å²) >= 11 is 4.75. The number of rotatable bonds is 5. The summed E-state index contributed by atoms with van der Waals surface area (Å²) < 4.78 is 60.4. The molecule has 0 aliphatic carbocycles. The van der Waals surface area contributed by atoms with E-state index >= 15 is 0 Å². The first kappa shape index (κ1) is 15.9. The Morgan fingerprint density at radius 3 is 2.42 bits per heavy atom. The van der Waals surface area contributed by atoms with Crippen LogP contribution in [0.4, 0.5) is 13.2 Å². The van der Waals surface area contributed by atoms with Crippen molar-refractivity contribution in [3.8, 4) is 0 Å². The van der Waals surface area contributed by atoms with E-state index in [4.69, 9.17) is 18.0 Å². The molecule has 0 aromatic heterocycles. The predicted octanol–water partition coefficient (Wildman–Crippen LogP) is 1.30. The highest BCUT2D eigenvalue weighted by Crippen LogP contribution is 2.15. The molecule has 0 aliphatic rings. The largest absolute Gasteiger partial charge is 0.402 e. The summed E-state index contributed by atoms with van der Waals surface area (Å²) in [5.41, 5.74) is 6.00. The van der Waals surface area contributed by atoms with E-state index in [2.05, 4.69) is 0 Å². The fourth-order valence-electron chi connectivity index (χ4n) is 1.33. The summed E-state index contributed by atoms with van der Waals surface area (Å²) in [6.45, 7) is -1.61. The van der Waals surface area contributed by atoms with Gasteiger partial charge in [0.15, 0.2) is 0 Å². The Bertz CT molecular complexity index is 570. The summed E-state index contributed by atoms with van der Waals surface area (Å²) in [6, 6.07) is 6.11. The number of benzene rings is 1. The molecule has 0 radical (unpaired) electrons. The summed E-state index contributed by atoms with van der Waals surface area (Å²) in [5, 5.41) is 0. The second-order valence-corrected chi connectivity index (χ2v) is 5.96. The van der Waals surface area contributed by atoms with Crippen molar-refractivity contribution in [2.45, 2.75) is 11.9 Å². The molecule has 1 rings (SSSR count). The normalized spacial score (nSPS) is 12.4. The SMILES string of the molecule is NC(=S)c1ccccc1CS(=O)(=O)NCC(F)(F)F. The average molecular weight is 312 g/mol. The molecule has 106 valence electrons. The molecule has 0 bridgehead atoms. The molecule has 0 heterocycles. The van der Waals surface area contributed by atoms with Crippen LogP contribution in [0.5, 0.6) is 0 Å². The van der Waals surface area contributed by atoms with Gasteiger partial charge in [0.2, 0.25) is 10.0 Å². The highest BCUT2D eigenvalue weighted by molar-refractivity contribution is 7.88. The fourth-order valence-corrected chi connectivity index (χ4v) is 2.68. The van der Waals surface area contributed by atoms with Gasteiger partial charge in [-0.25, -0.2) is 13.1 Å². The lowest BCUT2D eigenvalue weighted by Gasteiger charge is -2.11. The van der Waals surface area contributed by atoms with Crippen molar-refractivity contribution in [3.63, 3.8) is 0 Å². The van der Waals surface area contributed by atoms with Gasteiger partial charge in [-0.1, -0.05) is 36.5 Å². The molecule has 0 saturated carbocycles. The quantitative estimate of drug-likeness (QED) is 0.804. The highest BCUT2D eigenvalue weighted by Gasteiger charge is 2.29. The molecule has 0 saturated heterocycles. The van der Waals surface area contributed by atoms with Crippen LogP contribution >= 0.6 is 12.2 Å². The Labute approximate surface area is 113 Å². The molecule has 4 nitrogen and oxygen atoms in total. The van der Waals surface area contributed by atoms with E-state index in [1.54, 1.807) is 12.1 Å². The van der Waals surface area contributed by atoms with Gasteiger partial charge in [-0.05, 0) is 5.56 Å². The van der Waals surface area contributed by atoms with Gasteiger partial charge in [-0.15, -0.1) is 0 Å². The van der Waals surface area contributed by atoms with E-state index in [1.165, 1.54) is 16.9 Å². The second kappa shape index (κ2) is 5.85. The summed E-state index contributed by atoms with van der Waals surface area (Å²) in [5.74, 6) is -0.614. The van der Waals surface area contributed by atoms with Crippen LogP contribution in [0.25, 0.3) is 0 Å². The maximum absolute atomic E-state index is 12.0. The van der Waals surface area contributed by atoms with E-state index in [1.807, 2.05) is 0 Å². The van der Waals surface area contributed by atoms with Crippen molar-refractivity contribution in [3.05, 3.63) is 35.4 Å². The molecule has 0 spiro atoms. The average Bonchev–Trinajstić information content (AvgIpc) is 2.26. The van der Waals surface area contributed by atoms with Gasteiger partial charge < -0.3 is 5.73 Å². The van der Waals surface area contributed by atoms with Crippen molar-refractivity contribution in [1.82, 2.24) is 4.72 Å². The molecule has 3 N–H and O–H groups in total. The first-order chi connectivity index (χ1) is 8.61. The van der Waals surface area contributed by atoms with Crippen molar-refractivity contribution < 1.29 is 21.6 Å². The zero-order valence-electron chi connectivity index (χ0n) is 9.57. The van der Waals surface area contributed by atoms with Gasteiger partial charge in [0.05, 0.1) is 5.75 Å². The van der Waals surface area contributed by atoms with Gasteiger partial charge in [0.25, 0.3) is 0 Å². The Hall–Kier alpha value is -1.19. The van der Waals surface area contributed by atoms with Crippen LogP contribution in [0.1, 0.15) is 11.1 Å². The van der Waals surface area contributed by atoms with Crippen LogP contribution in [0.2, 0.25) is 0 Å². The maximum Gasteiger partial charge on any atom is 0.402 e. The minimum atomic E-state index is -4.60. The molecule has 0 unspecified atom stereocenters. The van der Waals surface area contributed by atoms with Crippen LogP contribution in [0.15, 0.2) is 24.3 Å². The summed E-state index contributed by atoms with van der Waals surface area (Å²) in [4.78, 5) is -0.0124. The monoisotopic (exact) mass is 312 g/mol. The molecular weight excluding hydrogens is 301 g/mol. The zero-order chi connectivity index (χ0) is 14.7. The number of hydrogen-bond donors (Lipinski definition) is 2. The molecule has 0 aliphatic heterocycles. The Morgan fingerprint density at radius 1 is 1.32 bits per heavy atom. The number of nitrogens with one attached hydrogen (secondary N) is 1. The number of thiocarbonyl (C=S) groups is 1. The highest BCUT2D eigenvalue weighted by atomic mass is 32.2. The van der Waals surface area contributed by atoms with Gasteiger partial charge in [0, 0.05) is 5.56 Å². The predicted molar refractivity (Wildman–Crippen MR) is 69.0 cm³/mol. The van der Waals surface area contributed by atoms with Crippen LogP contribution in [-0.4, -0.2) is 26.1 Å². The second-order valence-electron chi connectivity index (χ2n) is 3.72. The Morgan fingerprint density at radius 2 is 1.89 bits per heavy atom. The van der Waals surface area contributed by atoms with Crippen molar-refractivity contribution in [1.29, 1.82) is 0 Å². The molecule has 19 heavy (non-hydrogen) atoms. The third kappa shape index (κ3) is 5.53. The van der Waals surface area contributed by atoms with Crippen molar-refractivity contribution in [2.75, 3.05) is 6.54 Å². The van der Waals surface area contributed by atoms with Gasteiger partial charge in [0.1, 0.15) is 11.5 Å². The van der Waals surface area contributed by atoms with Crippen molar-refractivity contribution >= 4 is 27.2 Å². The Kier molecular flexibility index (Phi) is 4.88. The minimum Gasteiger partial charge on any atom is -0.389 e. The van der Waals surface area contributed by atoms with Gasteiger partial charge in [-0.2, -0.15) is 13.2 Å². The molecule has 0 fully saturated rings. The number of sulfonamides is 1. The van der Waals surface area contributed by atoms with Crippen molar-refractivity contribution in [2.24, 2.45) is 5.73 Å². The molecule has 1 aromatic rings. The van der Waals surface area contributed by atoms with E-state index in [9.17, 15) is 21.6 Å². The first-order valence-electron chi connectivity index (χ1n) is 5.02. The van der Waals surface area contributed by atoms with E-state index in [0.29, 0.717) is 5.56 Å². The van der Waals surface area contributed by atoms with Gasteiger partial charge in [-0.3, -0.25) is 0 Å². The fraction of sp³-hybridized carbons (Fsp3) is 0.300. The Balaban J connectivity index is 2.87. The van der Waals surface area contributed by atoms with Crippen LogP contribution in [-0.2, 0) is 15.8 Å². The number of hydrogen-bond acceptors (Lipinski definition) is 3. The number of halogens is 3. The van der Waals surface area contributed by atoms with Crippen LogP contribution in [0, 0.1) is 0 Å². The topological polar surface area (TPSA) is 72.2 Å². The first-order valence-corrected chi connectivity index (χ1v) is 7.08. The standard InChI is InChI=1S/C10H11F3N2O2S2/c11-10(12,13)6-15-19(16,17)5-7-3-1-2-4-8(7)9(14)18/h1-4,15H,5-6H2,(H2,14,18). The van der Waals surface area contributed by atoms with E-state index in [-0.39, 0.29) is 10.6 Å². The van der Waals surface area contributed by atoms with Crippen LogP contribution in [0.3, 0.4) is 0 Å². The maximum atomic E-state index is 12.0.